The summed E-state index contributed by atoms with van der Waals surface area (Å²) in [5.41, 5.74) is 1.31. The second kappa shape index (κ2) is 3.54. The molecule has 15 heavy (non-hydrogen) atoms. The summed E-state index contributed by atoms with van der Waals surface area (Å²) >= 11 is 3.14. The fraction of sp³-hybridized carbons (Fsp3) is 0.364. The van der Waals surface area contributed by atoms with E-state index in [0.29, 0.717) is 4.47 Å². The molecule has 0 aliphatic heterocycles. The fourth-order valence-corrected chi connectivity index (χ4v) is 2.14. The minimum atomic E-state index is -0.429. The van der Waals surface area contributed by atoms with Crippen LogP contribution in [-0.4, -0.2) is 6.08 Å². The summed E-state index contributed by atoms with van der Waals surface area (Å²) in [6.45, 7) is 1.82. The number of halogens is 2. The van der Waals surface area contributed by atoms with E-state index in [-0.39, 0.29) is 5.82 Å². The molecular weight excluding hydrogens is 261 g/mol. The highest BCUT2D eigenvalue weighted by molar-refractivity contribution is 9.10. The SMILES string of the molecule is Cc1cc(F)c(Br)cc1C1(N=C=O)CC1. The highest BCUT2D eigenvalue weighted by Crippen LogP contribution is 2.50. The smallest absolute Gasteiger partial charge is 0.211 e. The quantitative estimate of drug-likeness (QED) is 0.599. The molecule has 0 spiro atoms. The van der Waals surface area contributed by atoms with Crippen LogP contribution >= 0.6 is 15.9 Å². The van der Waals surface area contributed by atoms with Crippen LogP contribution in [0.4, 0.5) is 4.39 Å². The maximum absolute atomic E-state index is 13.2. The molecule has 1 aromatic rings. The van der Waals surface area contributed by atoms with Gasteiger partial charge in [-0.05, 0) is 59.0 Å². The summed E-state index contributed by atoms with van der Waals surface area (Å²) < 4.78 is 13.6. The van der Waals surface area contributed by atoms with Crippen LogP contribution in [0.15, 0.2) is 21.6 Å². The largest absolute Gasteiger partial charge is 0.235 e. The van der Waals surface area contributed by atoms with Crippen molar-refractivity contribution in [3.8, 4) is 0 Å². The number of aliphatic imine (C=N–C) groups is 1. The van der Waals surface area contributed by atoms with Crippen LogP contribution in [0, 0.1) is 12.7 Å². The van der Waals surface area contributed by atoms with Crippen molar-refractivity contribution in [2.75, 3.05) is 0 Å². The van der Waals surface area contributed by atoms with Gasteiger partial charge in [0, 0.05) is 0 Å². The predicted octanol–water partition coefficient (Wildman–Crippen LogP) is 3.22. The van der Waals surface area contributed by atoms with Gasteiger partial charge in [-0.3, -0.25) is 0 Å². The summed E-state index contributed by atoms with van der Waals surface area (Å²) in [6, 6.07) is 3.16. The number of hydrogen-bond donors (Lipinski definition) is 0. The van der Waals surface area contributed by atoms with Gasteiger partial charge in [-0.25, -0.2) is 9.18 Å². The number of hydrogen-bond acceptors (Lipinski definition) is 2. The van der Waals surface area contributed by atoms with Gasteiger partial charge in [0.2, 0.25) is 6.08 Å². The molecule has 0 aromatic heterocycles. The number of carbonyl (C=O) groups excluding carboxylic acids is 1. The van der Waals surface area contributed by atoms with Gasteiger partial charge in [0.25, 0.3) is 0 Å². The Balaban J connectivity index is 2.54. The highest BCUT2D eigenvalue weighted by atomic mass is 79.9. The molecule has 2 nitrogen and oxygen atoms in total. The van der Waals surface area contributed by atoms with Gasteiger partial charge in [-0.2, -0.15) is 4.99 Å². The van der Waals surface area contributed by atoms with Gasteiger partial charge in [0.1, 0.15) is 5.82 Å². The molecule has 0 heterocycles. The zero-order valence-electron chi connectivity index (χ0n) is 8.18. The molecular formula is C11H9BrFNO. The van der Waals surface area contributed by atoms with Crippen LogP contribution in [0.2, 0.25) is 0 Å². The molecule has 1 aromatic carbocycles. The van der Waals surface area contributed by atoms with E-state index in [0.717, 1.165) is 24.0 Å². The zero-order valence-corrected chi connectivity index (χ0v) is 9.77. The van der Waals surface area contributed by atoms with Crippen LogP contribution in [0.1, 0.15) is 24.0 Å². The van der Waals surface area contributed by atoms with Gasteiger partial charge >= 0.3 is 0 Å². The predicted molar refractivity (Wildman–Crippen MR) is 57.9 cm³/mol. The standard InChI is InChI=1S/C11H9BrFNO/c1-7-4-10(13)9(12)5-8(7)11(2-3-11)14-6-15/h4-5H,2-3H2,1H3. The maximum Gasteiger partial charge on any atom is 0.235 e. The number of nitrogens with zero attached hydrogens (tertiary/aromatic N) is 1. The average molecular weight is 270 g/mol. The Morgan fingerprint density at radius 2 is 2.20 bits per heavy atom. The summed E-state index contributed by atoms with van der Waals surface area (Å²) in [6.07, 6.45) is 3.27. The van der Waals surface area contributed by atoms with Crippen molar-refractivity contribution in [3.05, 3.63) is 33.5 Å². The highest BCUT2D eigenvalue weighted by Gasteiger charge is 2.46. The van der Waals surface area contributed by atoms with E-state index in [9.17, 15) is 9.18 Å². The molecule has 2 rings (SSSR count). The Morgan fingerprint density at radius 3 is 2.73 bits per heavy atom. The van der Waals surface area contributed by atoms with Crippen LogP contribution in [0.3, 0.4) is 0 Å². The molecule has 78 valence electrons. The molecule has 1 aliphatic rings. The fourth-order valence-electron chi connectivity index (χ4n) is 1.79. The van der Waals surface area contributed by atoms with Crippen LogP contribution in [0.25, 0.3) is 0 Å². The lowest BCUT2D eigenvalue weighted by atomic mass is 10.00. The van der Waals surface area contributed by atoms with Gasteiger partial charge in [0.15, 0.2) is 0 Å². The first kappa shape index (κ1) is 10.5. The lowest BCUT2D eigenvalue weighted by molar-refractivity contribution is 0.555. The van der Waals surface area contributed by atoms with Crippen molar-refractivity contribution in [1.29, 1.82) is 0 Å². The molecule has 1 saturated carbocycles. The van der Waals surface area contributed by atoms with Crippen LogP contribution in [-0.2, 0) is 10.3 Å². The molecule has 1 aliphatic carbocycles. The summed E-state index contributed by atoms with van der Waals surface area (Å²) in [4.78, 5) is 14.1. The van der Waals surface area contributed by atoms with Crippen molar-refractivity contribution < 1.29 is 9.18 Å². The third-order valence-electron chi connectivity index (χ3n) is 2.75. The van der Waals surface area contributed by atoms with Crippen LogP contribution < -0.4 is 0 Å². The summed E-state index contributed by atoms with van der Waals surface area (Å²) in [5, 5.41) is 0. The number of aryl methyl sites for hydroxylation is 1. The average Bonchev–Trinajstić information content (AvgIpc) is 2.93. The second-order valence-electron chi connectivity index (χ2n) is 3.82. The van der Waals surface area contributed by atoms with E-state index in [1.54, 1.807) is 12.1 Å². The molecule has 4 heteroatoms. The van der Waals surface area contributed by atoms with E-state index in [1.165, 1.54) is 6.07 Å². The normalized spacial score (nSPS) is 17.0. The molecule has 0 atom stereocenters. The van der Waals surface area contributed by atoms with E-state index >= 15 is 0 Å². The Kier molecular flexibility index (Phi) is 2.49. The first-order valence-electron chi connectivity index (χ1n) is 4.64. The van der Waals surface area contributed by atoms with Gasteiger partial charge in [-0.15, -0.1) is 0 Å². The van der Waals surface area contributed by atoms with Crippen molar-refractivity contribution in [2.45, 2.75) is 25.3 Å². The van der Waals surface area contributed by atoms with Gasteiger partial charge in [0.05, 0.1) is 10.0 Å². The summed E-state index contributed by atoms with van der Waals surface area (Å²) in [7, 11) is 0. The van der Waals surface area contributed by atoms with Crippen molar-refractivity contribution >= 4 is 22.0 Å². The van der Waals surface area contributed by atoms with Gasteiger partial charge in [-0.1, -0.05) is 0 Å². The Morgan fingerprint density at radius 1 is 1.53 bits per heavy atom. The van der Waals surface area contributed by atoms with E-state index in [4.69, 9.17) is 0 Å². The Bertz CT molecular complexity index is 462. The Hall–Kier alpha value is -0.990. The maximum atomic E-state index is 13.2. The molecule has 0 amide bonds. The van der Waals surface area contributed by atoms with E-state index < -0.39 is 5.54 Å². The number of benzene rings is 1. The minimum absolute atomic E-state index is 0.290. The first-order chi connectivity index (χ1) is 7.09. The monoisotopic (exact) mass is 269 g/mol. The topological polar surface area (TPSA) is 29.4 Å². The molecule has 0 bridgehead atoms. The number of isocyanates is 1. The van der Waals surface area contributed by atoms with Crippen LogP contribution in [0.5, 0.6) is 0 Å². The first-order valence-corrected chi connectivity index (χ1v) is 5.43. The Labute approximate surface area is 95.3 Å². The molecule has 0 saturated heterocycles. The molecule has 1 fully saturated rings. The van der Waals surface area contributed by atoms with Gasteiger partial charge < -0.3 is 0 Å². The lowest BCUT2D eigenvalue weighted by Crippen LogP contribution is -2.05. The number of rotatable bonds is 2. The lowest BCUT2D eigenvalue weighted by Gasteiger charge is -2.12. The van der Waals surface area contributed by atoms with Crippen molar-refractivity contribution in [3.63, 3.8) is 0 Å². The second-order valence-corrected chi connectivity index (χ2v) is 4.67. The van der Waals surface area contributed by atoms with E-state index in [2.05, 4.69) is 20.9 Å². The molecule has 0 radical (unpaired) electrons. The third-order valence-corrected chi connectivity index (χ3v) is 3.36. The van der Waals surface area contributed by atoms with Crippen molar-refractivity contribution in [1.82, 2.24) is 0 Å². The molecule has 0 N–H and O–H groups in total. The summed E-state index contributed by atoms with van der Waals surface area (Å²) in [5.74, 6) is -0.290. The third kappa shape index (κ3) is 1.75. The minimum Gasteiger partial charge on any atom is -0.211 e. The van der Waals surface area contributed by atoms with Crippen molar-refractivity contribution in [2.24, 2.45) is 4.99 Å². The zero-order chi connectivity index (χ0) is 11.1. The molecule has 0 unspecified atom stereocenters. The van der Waals surface area contributed by atoms with E-state index in [1.807, 2.05) is 6.92 Å².